The highest BCUT2D eigenvalue weighted by Crippen LogP contribution is 2.03. The average Bonchev–Trinajstić information content (AvgIpc) is 2.12. The molecule has 15 heavy (non-hydrogen) atoms. The zero-order valence-corrected chi connectivity index (χ0v) is 9.42. The number of nitrogens with one attached hydrogen (secondary N) is 1. The van der Waals surface area contributed by atoms with Gasteiger partial charge in [0, 0.05) is 18.2 Å². The van der Waals surface area contributed by atoms with Crippen LogP contribution in [-0.4, -0.2) is 16.5 Å². The Morgan fingerprint density at radius 2 is 2.27 bits per heavy atom. The summed E-state index contributed by atoms with van der Waals surface area (Å²) in [5.74, 6) is 1.27. The second kappa shape index (κ2) is 5.66. The van der Waals surface area contributed by atoms with Crippen LogP contribution in [0.15, 0.2) is 10.9 Å². The van der Waals surface area contributed by atoms with Gasteiger partial charge in [0.05, 0.1) is 0 Å². The van der Waals surface area contributed by atoms with E-state index in [1.165, 1.54) is 0 Å². The predicted octanol–water partition coefficient (Wildman–Crippen LogP) is 0.860. The summed E-state index contributed by atoms with van der Waals surface area (Å²) in [6.45, 7) is 4.85. The van der Waals surface area contributed by atoms with Gasteiger partial charge in [-0.25, -0.2) is 4.98 Å². The fourth-order valence-electron chi connectivity index (χ4n) is 1.47. The SMILES string of the molecule is CC(C)Cc1cc(=O)[nH]c(CCCN)n1. The van der Waals surface area contributed by atoms with Crippen LogP contribution in [0.2, 0.25) is 0 Å². The van der Waals surface area contributed by atoms with Crippen molar-refractivity contribution < 1.29 is 0 Å². The van der Waals surface area contributed by atoms with Crippen molar-refractivity contribution in [1.82, 2.24) is 9.97 Å². The van der Waals surface area contributed by atoms with Gasteiger partial charge in [0.1, 0.15) is 5.82 Å². The predicted molar refractivity (Wildman–Crippen MR) is 60.8 cm³/mol. The topological polar surface area (TPSA) is 71.8 Å². The van der Waals surface area contributed by atoms with Crippen molar-refractivity contribution in [3.63, 3.8) is 0 Å². The Morgan fingerprint density at radius 1 is 1.53 bits per heavy atom. The molecule has 0 fully saturated rings. The summed E-state index contributed by atoms with van der Waals surface area (Å²) in [5.41, 5.74) is 6.23. The monoisotopic (exact) mass is 209 g/mol. The Labute approximate surface area is 89.9 Å². The van der Waals surface area contributed by atoms with Crippen molar-refractivity contribution in [2.24, 2.45) is 11.7 Å². The first-order chi connectivity index (χ1) is 7.11. The number of hydrogen-bond donors (Lipinski definition) is 2. The quantitative estimate of drug-likeness (QED) is 0.755. The van der Waals surface area contributed by atoms with E-state index in [1.54, 1.807) is 6.07 Å². The third-order valence-electron chi connectivity index (χ3n) is 2.08. The van der Waals surface area contributed by atoms with Gasteiger partial charge in [-0.3, -0.25) is 4.79 Å². The Bertz CT molecular complexity index is 357. The molecule has 0 spiro atoms. The van der Waals surface area contributed by atoms with Crippen molar-refractivity contribution in [2.75, 3.05) is 6.54 Å². The molecule has 0 saturated heterocycles. The van der Waals surface area contributed by atoms with E-state index in [9.17, 15) is 4.79 Å². The van der Waals surface area contributed by atoms with E-state index in [0.717, 1.165) is 30.8 Å². The van der Waals surface area contributed by atoms with E-state index >= 15 is 0 Å². The van der Waals surface area contributed by atoms with Gasteiger partial charge in [0.25, 0.3) is 5.56 Å². The average molecular weight is 209 g/mol. The second-order valence-electron chi connectivity index (χ2n) is 4.17. The lowest BCUT2D eigenvalue weighted by atomic mass is 10.1. The molecule has 3 N–H and O–H groups in total. The van der Waals surface area contributed by atoms with Gasteiger partial charge in [-0.05, 0) is 25.3 Å². The molecule has 0 saturated carbocycles. The molecule has 4 nitrogen and oxygen atoms in total. The molecule has 0 amide bonds. The van der Waals surface area contributed by atoms with Gasteiger partial charge < -0.3 is 10.7 Å². The van der Waals surface area contributed by atoms with Gasteiger partial charge >= 0.3 is 0 Å². The van der Waals surface area contributed by atoms with E-state index < -0.39 is 0 Å². The van der Waals surface area contributed by atoms with E-state index in [2.05, 4.69) is 23.8 Å². The summed E-state index contributed by atoms with van der Waals surface area (Å²) in [7, 11) is 0. The molecule has 84 valence electrons. The Morgan fingerprint density at radius 3 is 2.87 bits per heavy atom. The van der Waals surface area contributed by atoms with Crippen LogP contribution in [0.3, 0.4) is 0 Å². The van der Waals surface area contributed by atoms with Gasteiger partial charge in [-0.2, -0.15) is 0 Å². The van der Waals surface area contributed by atoms with Gasteiger partial charge in [0.15, 0.2) is 0 Å². The minimum Gasteiger partial charge on any atom is -0.330 e. The maximum Gasteiger partial charge on any atom is 0.251 e. The second-order valence-corrected chi connectivity index (χ2v) is 4.17. The van der Waals surface area contributed by atoms with Crippen LogP contribution in [0.1, 0.15) is 31.8 Å². The van der Waals surface area contributed by atoms with Gasteiger partial charge in [-0.1, -0.05) is 13.8 Å². The normalized spacial score (nSPS) is 10.9. The number of hydrogen-bond acceptors (Lipinski definition) is 3. The van der Waals surface area contributed by atoms with Crippen molar-refractivity contribution >= 4 is 0 Å². The van der Waals surface area contributed by atoms with Gasteiger partial charge in [-0.15, -0.1) is 0 Å². The summed E-state index contributed by atoms with van der Waals surface area (Å²) in [5, 5.41) is 0. The lowest BCUT2D eigenvalue weighted by Crippen LogP contribution is -2.15. The first-order valence-corrected chi connectivity index (χ1v) is 5.41. The molecule has 0 aliphatic rings. The van der Waals surface area contributed by atoms with Crippen LogP contribution >= 0.6 is 0 Å². The third kappa shape index (κ3) is 4.25. The molecular weight excluding hydrogens is 190 g/mol. The summed E-state index contributed by atoms with van der Waals surface area (Å²) in [6, 6.07) is 1.58. The highest BCUT2D eigenvalue weighted by molar-refractivity contribution is 5.03. The number of H-pyrrole nitrogens is 1. The number of nitrogens with zero attached hydrogens (tertiary/aromatic N) is 1. The zero-order chi connectivity index (χ0) is 11.3. The van der Waals surface area contributed by atoms with E-state index in [0.29, 0.717) is 12.5 Å². The van der Waals surface area contributed by atoms with Crippen molar-refractivity contribution in [2.45, 2.75) is 33.1 Å². The van der Waals surface area contributed by atoms with Crippen molar-refractivity contribution in [1.29, 1.82) is 0 Å². The molecule has 0 aliphatic carbocycles. The molecule has 1 aromatic heterocycles. The summed E-state index contributed by atoms with van der Waals surface area (Å²) in [6.07, 6.45) is 2.45. The third-order valence-corrected chi connectivity index (χ3v) is 2.08. The molecule has 0 radical (unpaired) electrons. The van der Waals surface area contributed by atoms with Crippen molar-refractivity contribution in [3.8, 4) is 0 Å². The number of aromatic nitrogens is 2. The smallest absolute Gasteiger partial charge is 0.251 e. The van der Waals surface area contributed by atoms with E-state index in [4.69, 9.17) is 5.73 Å². The fourth-order valence-corrected chi connectivity index (χ4v) is 1.47. The molecule has 0 unspecified atom stereocenters. The lowest BCUT2D eigenvalue weighted by molar-refractivity contribution is 0.626. The molecule has 1 aromatic rings. The lowest BCUT2D eigenvalue weighted by Gasteiger charge is -2.05. The standard InChI is InChI=1S/C11H19N3O/c1-8(2)6-9-7-11(15)14-10(13-9)4-3-5-12/h7-8H,3-6,12H2,1-2H3,(H,13,14,15). The molecule has 0 atom stereocenters. The molecule has 0 aromatic carbocycles. The molecular formula is C11H19N3O. The molecule has 4 heteroatoms. The van der Waals surface area contributed by atoms with Crippen LogP contribution in [0.5, 0.6) is 0 Å². The fraction of sp³-hybridized carbons (Fsp3) is 0.636. The first-order valence-electron chi connectivity index (χ1n) is 5.41. The Kier molecular flexibility index (Phi) is 4.49. The minimum absolute atomic E-state index is 0.0623. The maximum absolute atomic E-state index is 11.3. The molecule has 1 rings (SSSR count). The molecule has 0 bridgehead atoms. The van der Waals surface area contributed by atoms with Gasteiger partial charge in [0.2, 0.25) is 0 Å². The highest BCUT2D eigenvalue weighted by Gasteiger charge is 2.03. The molecule has 1 heterocycles. The Hall–Kier alpha value is -1.16. The van der Waals surface area contributed by atoms with Crippen molar-refractivity contribution in [3.05, 3.63) is 27.9 Å². The maximum atomic E-state index is 11.3. The highest BCUT2D eigenvalue weighted by atomic mass is 16.1. The van der Waals surface area contributed by atoms with Crippen LogP contribution < -0.4 is 11.3 Å². The summed E-state index contributed by atoms with van der Waals surface area (Å²) < 4.78 is 0. The van der Waals surface area contributed by atoms with E-state index in [1.807, 2.05) is 0 Å². The summed E-state index contributed by atoms with van der Waals surface area (Å²) in [4.78, 5) is 18.5. The van der Waals surface area contributed by atoms with Crippen LogP contribution in [-0.2, 0) is 12.8 Å². The number of aryl methyl sites for hydroxylation is 1. The zero-order valence-electron chi connectivity index (χ0n) is 9.42. The first kappa shape index (κ1) is 11.9. The Balaban J connectivity index is 2.80. The number of nitrogens with two attached hydrogens (primary N) is 1. The number of aromatic amines is 1. The number of rotatable bonds is 5. The largest absolute Gasteiger partial charge is 0.330 e. The van der Waals surface area contributed by atoms with Crippen LogP contribution in [0, 0.1) is 5.92 Å². The van der Waals surface area contributed by atoms with Crippen LogP contribution in [0.4, 0.5) is 0 Å². The minimum atomic E-state index is -0.0623. The summed E-state index contributed by atoms with van der Waals surface area (Å²) >= 11 is 0. The van der Waals surface area contributed by atoms with Crippen LogP contribution in [0.25, 0.3) is 0 Å². The van der Waals surface area contributed by atoms with E-state index in [-0.39, 0.29) is 5.56 Å². The molecule has 0 aliphatic heterocycles.